The molecule has 0 fully saturated rings. The van der Waals surface area contributed by atoms with E-state index in [9.17, 15) is 4.79 Å². The highest BCUT2D eigenvalue weighted by Gasteiger charge is 2.20. The SMILES string of the molecule is CN=C(C(=O)O)C(Cl)C(C)=N. The van der Waals surface area contributed by atoms with E-state index >= 15 is 0 Å². The van der Waals surface area contributed by atoms with Crippen LogP contribution in [0.4, 0.5) is 0 Å². The number of aliphatic carboxylic acids is 1. The standard InChI is InChI=1S/C6H9ClN2O2/c1-3(8)4(7)5(9-2)6(10)11/h4,8H,1-2H3,(H,10,11). The van der Waals surface area contributed by atoms with Crippen molar-refractivity contribution in [3.05, 3.63) is 0 Å². The Morgan fingerprint density at radius 3 is 2.27 bits per heavy atom. The van der Waals surface area contributed by atoms with E-state index in [0.717, 1.165) is 0 Å². The summed E-state index contributed by atoms with van der Waals surface area (Å²) in [6, 6.07) is 0. The highest BCUT2D eigenvalue weighted by Crippen LogP contribution is 2.01. The minimum atomic E-state index is -1.18. The molecule has 0 spiro atoms. The number of hydrogen-bond acceptors (Lipinski definition) is 3. The molecule has 1 unspecified atom stereocenters. The normalized spacial score (nSPS) is 14.3. The molecule has 0 aliphatic heterocycles. The number of hydrogen-bond donors (Lipinski definition) is 2. The van der Waals surface area contributed by atoms with Gasteiger partial charge in [-0.3, -0.25) is 4.99 Å². The van der Waals surface area contributed by atoms with E-state index in [1.807, 2.05) is 0 Å². The number of nitrogens with one attached hydrogen (secondary N) is 1. The van der Waals surface area contributed by atoms with Gasteiger partial charge in [0.05, 0.1) is 0 Å². The van der Waals surface area contributed by atoms with Crippen LogP contribution in [0, 0.1) is 5.41 Å². The highest BCUT2D eigenvalue weighted by atomic mass is 35.5. The molecule has 62 valence electrons. The van der Waals surface area contributed by atoms with Crippen LogP contribution >= 0.6 is 11.6 Å². The van der Waals surface area contributed by atoms with Crippen molar-refractivity contribution in [2.45, 2.75) is 12.3 Å². The van der Waals surface area contributed by atoms with Crippen LogP contribution in [0.15, 0.2) is 4.99 Å². The summed E-state index contributed by atoms with van der Waals surface area (Å²) in [7, 11) is 1.34. The summed E-state index contributed by atoms with van der Waals surface area (Å²) in [6.45, 7) is 1.44. The Morgan fingerprint density at radius 1 is 1.73 bits per heavy atom. The van der Waals surface area contributed by atoms with Crippen molar-refractivity contribution in [2.75, 3.05) is 7.05 Å². The first-order valence-electron chi connectivity index (χ1n) is 2.89. The van der Waals surface area contributed by atoms with Crippen molar-refractivity contribution in [3.8, 4) is 0 Å². The number of carboxylic acid groups (broad SMARTS) is 1. The first kappa shape index (κ1) is 10.1. The molecule has 11 heavy (non-hydrogen) atoms. The summed E-state index contributed by atoms with van der Waals surface area (Å²) in [5.41, 5.74) is -0.117. The molecule has 0 saturated heterocycles. The van der Waals surface area contributed by atoms with Crippen LogP contribution in [0.3, 0.4) is 0 Å². The fourth-order valence-electron chi connectivity index (χ4n) is 0.522. The molecule has 0 rings (SSSR count). The molecule has 5 heteroatoms. The molecule has 0 bridgehead atoms. The average Bonchev–Trinajstić information content (AvgIpc) is 1.88. The lowest BCUT2D eigenvalue weighted by Gasteiger charge is -2.05. The molecule has 0 saturated carbocycles. The quantitative estimate of drug-likeness (QED) is 0.493. The lowest BCUT2D eigenvalue weighted by molar-refractivity contribution is -0.129. The van der Waals surface area contributed by atoms with Crippen LogP contribution < -0.4 is 0 Å². The monoisotopic (exact) mass is 176 g/mol. The minimum Gasteiger partial charge on any atom is -0.477 e. The predicted molar refractivity (Wildman–Crippen MR) is 44.0 cm³/mol. The summed E-state index contributed by atoms with van der Waals surface area (Å²) >= 11 is 5.54. The molecule has 0 radical (unpaired) electrons. The van der Waals surface area contributed by atoms with E-state index < -0.39 is 11.3 Å². The van der Waals surface area contributed by atoms with Gasteiger partial charge in [0.1, 0.15) is 11.1 Å². The van der Waals surface area contributed by atoms with Crippen molar-refractivity contribution >= 4 is 29.0 Å². The van der Waals surface area contributed by atoms with Crippen molar-refractivity contribution in [3.63, 3.8) is 0 Å². The van der Waals surface area contributed by atoms with Crippen LogP contribution in [0.2, 0.25) is 0 Å². The topological polar surface area (TPSA) is 73.5 Å². The fraction of sp³-hybridized carbons (Fsp3) is 0.500. The second kappa shape index (κ2) is 4.08. The number of alkyl halides is 1. The van der Waals surface area contributed by atoms with Crippen molar-refractivity contribution in [2.24, 2.45) is 4.99 Å². The molecule has 0 aliphatic rings. The van der Waals surface area contributed by atoms with E-state index in [0.29, 0.717) is 0 Å². The molecule has 0 aromatic carbocycles. The van der Waals surface area contributed by atoms with Gasteiger partial charge in [-0.05, 0) is 6.92 Å². The van der Waals surface area contributed by atoms with E-state index in [4.69, 9.17) is 22.1 Å². The summed E-state index contributed by atoms with van der Waals surface area (Å²) in [5, 5.41) is 14.6. The predicted octanol–water partition coefficient (Wildman–Crippen LogP) is 0.789. The first-order chi connectivity index (χ1) is 5.00. The molecule has 0 heterocycles. The van der Waals surface area contributed by atoms with E-state index in [1.54, 1.807) is 0 Å². The Morgan fingerprint density at radius 2 is 2.18 bits per heavy atom. The lowest BCUT2D eigenvalue weighted by Crippen LogP contribution is -2.29. The van der Waals surface area contributed by atoms with Crippen molar-refractivity contribution < 1.29 is 9.90 Å². The van der Waals surface area contributed by atoms with Gasteiger partial charge in [-0.1, -0.05) is 0 Å². The van der Waals surface area contributed by atoms with Gasteiger partial charge in [-0.15, -0.1) is 11.6 Å². The van der Waals surface area contributed by atoms with Crippen molar-refractivity contribution in [1.82, 2.24) is 0 Å². The maximum atomic E-state index is 10.4. The first-order valence-corrected chi connectivity index (χ1v) is 3.33. The van der Waals surface area contributed by atoms with Crippen LogP contribution in [0.25, 0.3) is 0 Å². The van der Waals surface area contributed by atoms with Gasteiger partial charge in [0.15, 0.2) is 0 Å². The van der Waals surface area contributed by atoms with Gasteiger partial charge in [-0.25, -0.2) is 4.79 Å². The summed E-state index contributed by atoms with van der Waals surface area (Å²) < 4.78 is 0. The largest absolute Gasteiger partial charge is 0.477 e. The third-order valence-corrected chi connectivity index (χ3v) is 1.61. The second-order valence-electron chi connectivity index (χ2n) is 1.96. The fourth-order valence-corrected chi connectivity index (χ4v) is 0.713. The molecular formula is C6H9ClN2O2. The molecule has 1 atom stereocenters. The number of rotatable bonds is 3. The molecule has 0 aromatic heterocycles. The molecule has 2 N–H and O–H groups in total. The molecule has 4 nitrogen and oxygen atoms in total. The second-order valence-corrected chi connectivity index (χ2v) is 2.40. The lowest BCUT2D eigenvalue weighted by atomic mass is 10.2. The molecule has 0 aliphatic carbocycles. The van der Waals surface area contributed by atoms with E-state index in [1.165, 1.54) is 14.0 Å². The van der Waals surface area contributed by atoms with Gasteiger partial charge >= 0.3 is 5.97 Å². The Balaban J connectivity index is 4.54. The zero-order chi connectivity index (χ0) is 9.02. The number of nitrogens with zero attached hydrogens (tertiary/aromatic N) is 1. The maximum Gasteiger partial charge on any atom is 0.351 e. The van der Waals surface area contributed by atoms with Gasteiger partial charge in [0, 0.05) is 12.8 Å². The number of halogens is 1. The molecular weight excluding hydrogens is 168 g/mol. The average molecular weight is 177 g/mol. The van der Waals surface area contributed by atoms with Crippen LogP contribution in [0.1, 0.15) is 6.92 Å². The smallest absolute Gasteiger partial charge is 0.351 e. The van der Waals surface area contributed by atoms with Crippen LogP contribution in [-0.2, 0) is 4.79 Å². The van der Waals surface area contributed by atoms with E-state index in [-0.39, 0.29) is 11.4 Å². The van der Waals surface area contributed by atoms with Crippen LogP contribution in [-0.4, -0.2) is 34.9 Å². The molecule has 0 amide bonds. The third-order valence-electron chi connectivity index (χ3n) is 1.08. The Hall–Kier alpha value is -0.900. The zero-order valence-electron chi connectivity index (χ0n) is 6.26. The Labute approximate surface area is 69.4 Å². The number of carboxylic acids is 1. The van der Waals surface area contributed by atoms with Crippen molar-refractivity contribution in [1.29, 1.82) is 5.41 Å². The summed E-state index contributed by atoms with van der Waals surface area (Å²) in [6.07, 6.45) is 0. The van der Waals surface area contributed by atoms with Gasteiger partial charge < -0.3 is 10.5 Å². The minimum absolute atomic E-state index is 0.0784. The molecule has 0 aromatic rings. The summed E-state index contributed by atoms with van der Waals surface area (Å²) in [4.78, 5) is 13.8. The van der Waals surface area contributed by atoms with Crippen LogP contribution in [0.5, 0.6) is 0 Å². The Kier molecular flexibility index (Phi) is 3.74. The zero-order valence-corrected chi connectivity index (χ0v) is 7.01. The maximum absolute atomic E-state index is 10.4. The van der Waals surface area contributed by atoms with Gasteiger partial charge in [0.25, 0.3) is 0 Å². The highest BCUT2D eigenvalue weighted by molar-refractivity contribution is 6.56. The van der Waals surface area contributed by atoms with Gasteiger partial charge in [-0.2, -0.15) is 0 Å². The number of aliphatic imine (C=N–C) groups is 1. The van der Waals surface area contributed by atoms with E-state index in [2.05, 4.69) is 4.99 Å². The van der Waals surface area contributed by atoms with Gasteiger partial charge in [0.2, 0.25) is 0 Å². The Bertz CT molecular complexity index is 213. The third kappa shape index (κ3) is 2.67. The summed E-state index contributed by atoms with van der Waals surface area (Å²) in [5.74, 6) is -1.18. The number of carbonyl (C=O) groups is 1.